The molecule has 0 radical (unpaired) electrons. The van der Waals surface area contributed by atoms with Crippen molar-refractivity contribution < 1.29 is 24.5 Å². The summed E-state index contributed by atoms with van der Waals surface area (Å²) < 4.78 is 5.46. The van der Waals surface area contributed by atoms with Gasteiger partial charge < -0.3 is 20.3 Å². The molecule has 0 saturated carbocycles. The van der Waals surface area contributed by atoms with Gasteiger partial charge in [-0.25, -0.2) is 0 Å². The normalized spacial score (nSPS) is 12.9. The molecule has 0 aliphatic carbocycles. The van der Waals surface area contributed by atoms with E-state index in [1.54, 1.807) is 6.08 Å². The van der Waals surface area contributed by atoms with Crippen molar-refractivity contribution in [3.63, 3.8) is 0 Å². The fourth-order valence-corrected chi connectivity index (χ4v) is 7.39. The highest BCUT2D eigenvalue weighted by Crippen LogP contribution is 2.15. The minimum atomic E-state index is -0.859. The molecule has 330 valence electrons. The van der Waals surface area contributed by atoms with Crippen LogP contribution >= 0.6 is 0 Å². The summed E-state index contributed by atoms with van der Waals surface area (Å²) in [7, 11) is 0. The first-order chi connectivity index (χ1) is 27.5. The molecule has 0 aromatic heterocycles. The number of hydrogen-bond donors (Lipinski definition) is 3. The van der Waals surface area contributed by atoms with Crippen LogP contribution in [0.4, 0.5) is 0 Å². The number of ether oxygens (including phenoxy) is 1. The number of aliphatic hydroxyl groups excluding tert-OH is 2. The van der Waals surface area contributed by atoms with Crippen molar-refractivity contribution in [1.82, 2.24) is 5.32 Å². The van der Waals surface area contributed by atoms with Gasteiger partial charge in [-0.2, -0.15) is 0 Å². The highest BCUT2D eigenvalue weighted by atomic mass is 16.5. The van der Waals surface area contributed by atoms with Crippen LogP contribution in [0.2, 0.25) is 0 Å². The number of amides is 1. The second-order valence-corrected chi connectivity index (χ2v) is 16.8. The lowest BCUT2D eigenvalue weighted by Crippen LogP contribution is -2.45. The third kappa shape index (κ3) is 42.0. The van der Waals surface area contributed by atoms with Crippen LogP contribution in [0.15, 0.2) is 24.3 Å². The Morgan fingerprint density at radius 2 is 0.839 bits per heavy atom. The molecule has 6 nitrogen and oxygen atoms in total. The molecular formula is C50H95NO5. The van der Waals surface area contributed by atoms with Gasteiger partial charge in [-0.1, -0.05) is 212 Å². The number of unbranched alkanes of at least 4 members (excludes halogenated alkanes) is 32. The Morgan fingerprint density at radius 3 is 1.29 bits per heavy atom. The van der Waals surface area contributed by atoms with Crippen molar-refractivity contribution in [1.29, 1.82) is 0 Å². The number of esters is 1. The molecule has 0 bridgehead atoms. The highest BCUT2D eigenvalue weighted by Gasteiger charge is 2.18. The van der Waals surface area contributed by atoms with Crippen LogP contribution in [0, 0.1) is 0 Å². The minimum absolute atomic E-state index is 0.0114. The summed E-state index contributed by atoms with van der Waals surface area (Å²) in [5.74, 6) is -0.112. The summed E-state index contributed by atoms with van der Waals surface area (Å²) in [4.78, 5) is 24.4. The van der Waals surface area contributed by atoms with Gasteiger partial charge in [-0.3, -0.25) is 9.59 Å². The quantitative estimate of drug-likeness (QED) is 0.0324. The van der Waals surface area contributed by atoms with Gasteiger partial charge in [0.15, 0.2) is 0 Å². The second kappa shape index (κ2) is 46.0. The number of allylic oxidation sites excluding steroid dienone is 3. The van der Waals surface area contributed by atoms with Gasteiger partial charge in [0.2, 0.25) is 5.91 Å². The Hall–Kier alpha value is -1.66. The van der Waals surface area contributed by atoms with Gasteiger partial charge in [-0.15, -0.1) is 0 Å². The van der Waals surface area contributed by atoms with E-state index in [4.69, 9.17) is 4.74 Å². The van der Waals surface area contributed by atoms with Crippen LogP contribution < -0.4 is 5.32 Å². The summed E-state index contributed by atoms with van der Waals surface area (Å²) in [5, 5.41) is 22.9. The lowest BCUT2D eigenvalue weighted by molar-refractivity contribution is -0.143. The maximum Gasteiger partial charge on any atom is 0.305 e. The average Bonchev–Trinajstić information content (AvgIpc) is 3.20. The van der Waals surface area contributed by atoms with Crippen molar-refractivity contribution in [2.45, 2.75) is 270 Å². The van der Waals surface area contributed by atoms with Gasteiger partial charge in [0.25, 0.3) is 0 Å². The van der Waals surface area contributed by atoms with Gasteiger partial charge in [0.1, 0.15) is 0 Å². The summed E-state index contributed by atoms with van der Waals surface area (Å²) in [6.07, 6.45) is 53.2. The third-order valence-electron chi connectivity index (χ3n) is 11.2. The minimum Gasteiger partial charge on any atom is -0.466 e. The molecule has 0 aromatic carbocycles. The Balaban J connectivity index is 3.49. The third-order valence-corrected chi connectivity index (χ3v) is 11.2. The topological polar surface area (TPSA) is 95.9 Å². The zero-order valence-corrected chi connectivity index (χ0v) is 37.4. The summed E-state index contributed by atoms with van der Waals surface area (Å²) in [5.41, 5.74) is 0. The van der Waals surface area contributed by atoms with Crippen LogP contribution in [0.3, 0.4) is 0 Å². The maximum atomic E-state index is 12.4. The van der Waals surface area contributed by atoms with E-state index in [0.29, 0.717) is 19.4 Å². The molecule has 6 heteroatoms. The fraction of sp³-hybridized carbons (Fsp3) is 0.880. The Kier molecular flexibility index (Phi) is 44.7. The lowest BCUT2D eigenvalue weighted by atomic mass is 10.0. The Labute approximate surface area is 348 Å². The number of carbonyl (C=O) groups excluding carboxylic acids is 2. The molecule has 1 amide bonds. The van der Waals surface area contributed by atoms with E-state index < -0.39 is 12.1 Å². The van der Waals surface area contributed by atoms with E-state index in [9.17, 15) is 19.8 Å². The highest BCUT2D eigenvalue weighted by molar-refractivity contribution is 5.76. The Bertz CT molecular complexity index is 874. The molecule has 3 N–H and O–H groups in total. The zero-order valence-electron chi connectivity index (χ0n) is 37.4. The molecule has 0 heterocycles. The van der Waals surface area contributed by atoms with Gasteiger partial charge >= 0.3 is 5.97 Å². The number of carbonyl (C=O) groups is 2. The van der Waals surface area contributed by atoms with E-state index in [-0.39, 0.29) is 18.5 Å². The number of rotatable bonds is 45. The molecule has 2 unspecified atom stereocenters. The monoisotopic (exact) mass is 790 g/mol. The SMILES string of the molecule is CCCCCCCCCC/C=C/C(O)C(CO)NC(=O)CCCCC/C=C\CCCCCCCCOC(=O)CCCCCCCCCCCCCCCCCC. The zero-order chi connectivity index (χ0) is 40.8. The summed E-state index contributed by atoms with van der Waals surface area (Å²) in [6, 6.07) is -0.645. The first-order valence-corrected chi connectivity index (χ1v) is 24.6. The fourth-order valence-electron chi connectivity index (χ4n) is 7.39. The number of hydrogen-bond acceptors (Lipinski definition) is 5. The van der Waals surface area contributed by atoms with E-state index >= 15 is 0 Å². The molecular weight excluding hydrogens is 695 g/mol. The Morgan fingerprint density at radius 1 is 0.482 bits per heavy atom. The lowest BCUT2D eigenvalue weighted by Gasteiger charge is -2.19. The van der Waals surface area contributed by atoms with Crippen LogP contribution in [0.5, 0.6) is 0 Å². The molecule has 0 aliphatic rings. The van der Waals surface area contributed by atoms with E-state index in [1.807, 2.05) is 6.08 Å². The van der Waals surface area contributed by atoms with Crippen LogP contribution in [-0.2, 0) is 14.3 Å². The first kappa shape index (κ1) is 54.3. The van der Waals surface area contributed by atoms with Crippen molar-refractivity contribution >= 4 is 11.9 Å². The van der Waals surface area contributed by atoms with Crippen molar-refractivity contribution in [2.75, 3.05) is 13.2 Å². The molecule has 0 saturated heterocycles. The average molecular weight is 790 g/mol. The van der Waals surface area contributed by atoms with Gasteiger partial charge in [0, 0.05) is 12.8 Å². The van der Waals surface area contributed by atoms with Crippen molar-refractivity contribution in [3.05, 3.63) is 24.3 Å². The second-order valence-electron chi connectivity index (χ2n) is 16.8. The van der Waals surface area contributed by atoms with Crippen LogP contribution in [0.25, 0.3) is 0 Å². The largest absolute Gasteiger partial charge is 0.466 e. The molecule has 0 rings (SSSR count). The van der Waals surface area contributed by atoms with E-state index in [1.165, 1.54) is 161 Å². The molecule has 2 atom stereocenters. The van der Waals surface area contributed by atoms with Crippen molar-refractivity contribution in [2.24, 2.45) is 0 Å². The molecule has 56 heavy (non-hydrogen) atoms. The van der Waals surface area contributed by atoms with Gasteiger partial charge in [0.05, 0.1) is 25.4 Å². The van der Waals surface area contributed by atoms with Gasteiger partial charge in [-0.05, 0) is 57.8 Å². The molecule has 0 fully saturated rings. The smallest absolute Gasteiger partial charge is 0.305 e. The molecule has 0 spiro atoms. The van der Waals surface area contributed by atoms with Crippen LogP contribution in [0.1, 0.15) is 258 Å². The predicted molar refractivity (Wildman–Crippen MR) is 241 cm³/mol. The van der Waals surface area contributed by atoms with E-state index in [0.717, 1.165) is 70.6 Å². The van der Waals surface area contributed by atoms with E-state index in [2.05, 4.69) is 31.3 Å². The standard InChI is InChI=1S/C50H95NO5/c1-3-5-7-9-11-13-15-16-17-18-21-24-28-32-36-40-44-50(55)56-45-41-37-33-29-25-22-19-20-23-27-31-35-39-43-49(54)51-47(46-52)48(53)42-38-34-30-26-14-12-10-8-6-4-2/h20,23,38,42,47-48,52-53H,3-19,21-22,24-37,39-41,43-46H2,1-2H3,(H,51,54)/b23-20-,42-38+. The summed E-state index contributed by atoms with van der Waals surface area (Å²) in [6.45, 7) is 4.84. The number of nitrogens with one attached hydrogen (secondary N) is 1. The maximum absolute atomic E-state index is 12.4. The van der Waals surface area contributed by atoms with Crippen molar-refractivity contribution in [3.8, 4) is 0 Å². The van der Waals surface area contributed by atoms with Crippen LogP contribution in [-0.4, -0.2) is 47.4 Å². The molecule has 0 aliphatic heterocycles. The molecule has 0 aromatic rings. The predicted octanol–water partition coefficient (Wildman–Crippen LogP) is 14.3. The number of aliphatic hydroxyl groups is 2. The summed E-state index contributed by atoms with van der Waals surface area (Å²) >= 11 is 0. The first-order valence-electron chi connectivity index (χ1n) is 24.6.